The van der Waals surface area contributed by atoms with Gasteiger partial charge in [-0.2, -0.15) is 0 Å². The highest BCUT2D eigenvalue weighted by molar-refractivity contribution is 5.82. The lowest BCUT2D eigenvalue weighted by Crippen LogP contribution is -2.51. The smallest absolute Gasteiger partial charge is 0.330 e. The summed E-state index contributed by atoms with van der Waals surface area (Å²) in [6.45, 7) is 8.39. The number of aryl methyl sites for hydroxylation is 2. The summed E-state index contributed by atoms with van der Waals surface area (Å²) in [4.78, 5) is 12.6. The third kappa shape index (κ3) is 3.46. The molecular formula is C18H27NO2. The molecule has 1 aromatic rings. The maximum atomic E-state index is 12.6. The van der Waals surface area contributed by atoms with Crippen LogP contribution in [0.4, 0.5) is 0 Å². The standard InChI is InChI=1S/C18H27NO2/c1-5-21-17(20)18(4,19-16-8-6-7-9-16)15-11-10-13(2)14(3)12-15/h10-12,16,19H,5-9H2,1-4H3. The maximum absolute atomic E-state index is 12.6. The van der Waals surface area contributed by atoms with Crippen molar-refractivity contribution in [2.45, 2.75) is 65.0 Å². The van der Waals surface area contributed by atoms with Crippen LogP contribution in [0.2, 0.25) is 0 Å². The van der Waals surface area contributed by atoms with E-state index in [-0.39, 0.29) is 5.97 Å². The molecular weight excluding hydrogens is 262 g/mol. The lowest BCUT2D eigenvalue weighted by molar-refractivity contribution is -0.151. The predicted octanol–water partition coefficient (Wildman–Crippen LogP) is 3.61. The first-order chi connectivity index (χ1) is 9.97. The molecule has 0 aromatic heterocycles. The minimum absolute atomic E-state index is 0.180. The predicted molar refractivity (Wildman–Crippen MR) is 85.3 cm³/mol. The van der Waals surface area contributed by atoms with Gasteiger partial charge in [0.05, 0.1) is 6.61 Å². The Labute approximate surface area is 128 Å². The van der Waals surface area contributed by atoms with Crippen molar-refractivity contribution in [3.63, 3.8) is 0 Å². The summed E-state index contributed by atoms with van der Waals surface area (Å²) in [6, 6.07) is 6.63. The topological polar surface area (TPSA) is 38.3 Å². The second kappa shape index (κ2) is 6.61. The molecule has 0 saturated heterocycles. The van der Waals surface area contributed by atoms with Gasteiger partial charge in [-0.15, -0.1) is 0 Å². The van der Waals surface area contributed by atoms with Gasteiger partial charge in [0, 0.05) is 6.04 Å². The monoisotopic (exact) mass is 289 g/mol. The third-order valence-electron chi connectivity index (χ3n) is 4.62. The fourth-order valence-corrected chi connectivity index (χ4v) is 3.07. The number of hydrogen-bond donors (Lipinski definition) is 1. The van der Waals surface area contributed by atoms with E-state index in [4.69, 9.17) is 4.74 Å². The van der Waals surface area contributed by atoms with E-state index in [0.717, 1.165) is 18.4 Å². The summed E-state index contributed by atoms with van der Waals surface area (Å²) in [5.74, 6) is -0.180. The van der Waals surface area contributed by atoms with Crippen LogP contribution in [0.1, 0.15) is 56.2 Å². The second-order valence-electron chi connectivity index (χ2n) is 6.27. The van der Waals surface area contributed by atoms with Crippen molar-refractivity contribution >= 4 is 5.97 Å². The SMILES string of the molecule is CCOC(=O)C(C)(NC1CCCC1)c1ccc(C)c(C)c1. The molecule has 1 N–H and O–H groups in total. The van der Waals surface area contributed by atoms with E-state index in [1.165, 1.54) is 24.0 Å². The molecule has 3 nitrogen and oxygen atoms in total. The van der Waals surface area contributed by atoms with Crippen LogP contribution in [0.25, 0.3) is 0 Å². The van der Waals surface area contributed by atoms with Gasteiger partial charge >= 0.3 is 5.97 Å². The van der Waals surface area contributed by atoms with Crippen molar-refractivity contribution in [1.29, 1.82) is 0 Å². The van der Waals surface area contributed by atoms with Crippen LogP contribution in [0.3, 0.4) is 0 Å². The van der Waals surface area contributed by atoms with Crippen molar-refractivity contribution in [3.05, 3.63) is 34.9 Å². The second-order valence-corrected chi connectivity index (χ2v) is 6.27. The summed E-state index contributed by atoms with van der Waals surface area (Å²) >= 11 is 0. The highest BCUT2D eigenvalue weighted by atomic mass is 16.5. The van der Waals surface area contributed by atoms with E-state index < -0.39 is 5.54 Å². The maximum Gasteiger partial charge on any atom is 0.330 e. The molecule has 0 amide bonds. The first kappa shape index (κ1) is 16.0. The Morgan fingerprint density at radius 2 is 1.95 bits per heavy atom. The van der Waals surface area contributed by atoms with Crippen molar-refractivity contribution in [2.24, 2.45) is 0 Å². The van der Waals surface area contributed by atoms with Crippen molar-refractivity contribution < 1.29 is 9.53 Å². The van der Waals surface area contributed by atoms with Gasteiger partial charge in [0.2, 0.25) is 0 Å². The number of ether oxygens (including phenoxy) is 1. The molecule has 1 fully saturated rings. The molecule has 0 aliphatic heterocycles. The number of nitrogens with one attached hydrogen (secondary N) is 1. The number of benzene rings is 1. The molecule has 2 rings (SSSR count). The van der Waals surface area contributed by atoms with Gasteiger partial charge in [-0.05, 0) is 57.2 Å². The van der Waals surface area contributed by atoms with Crippen molar-refractivity contribution in [2.75, 3.05) is 6.61 Å². The number of hydrogen-bond acceptors (Lipinski definition) is 3. The fraction of sp³-hybridized carbons (Fsp3) is 0.611. The molecule has 1 aliphatic rings. The Balaban J connectivity index is 2.33. The fourth-order valence-electron chi connectivity index (χ4n) is 3.07. The lowest BCUT2D eigenvalue weighted by atomic mass is 9.88. The third-order valence-corrected chi connectivity index (χ3v) is 4.62. The molecule has 21 heavy (non-hydrogen) atoms. The minimum atomic E-state index is -0.760. The van der Waals surface area contributed by atoms with Crippen LogP contribution in [0.15, 0.2) is 18.2 Å². The largest absolute Gasteiger partial charge is 0.464 e. The minimum Gasteiger partial charge on any atom is -0.464 e. The average Bonchev–Trinajstić information content (AvgIpc) is 2.94. The van der Waals surface area contributed by atoms with Crippen molar-refractivity contribution in [3.8, 4) is 0 Å². The Bertz CT molecular complexity index is 506. The van der Waals surface area contributed by atoms with E-state index in [1.54, 1.807) is 0 Å². The first-order valence-corrected chi connectivity index (χ1v) is 8.00. The van der Waals surface area contributed by atoms with Gasteiger partial charge in [-0.25, -0.2) is 4.79 Å². The van der Waals surface area contributed by atoms with Crippen LogP contribution in [0, 0.1) is 13.8 Å². The van der Waals surface area contributed by atoms with Crippen LogP contribution in [-0.2, 0) is 15.1 Å². The van der Waals surface area contributed by atoms with E-state index >= 15 is 0 Å². The average molecular weight is 289 g/mol. The first-order valence-electron chi connectivity index (χ1n) is 8.00. The summed E-state index contributed by atoms with van der Waals surface area (Å²) in [6.07, 6.45) is 4.76. The summed E-state index contributed by atoms with van der Waals surface area (Å²) in [5, 5.41) is 3.57. The number of carbonyl (C=O) groups excluding carboxylic acids is 1. The number of carbonyl (C=O) groups is 1. The molecule has 0 bridgehead atoms. The van der Waals surface area contributed by atoms with E-state index in [1.807, 2.05) is 19.9 Å². The van der Waals surface area contributed by atoms with Gasteiger partial charge < -0.3 is 4.74 Å². The molecule has 0 spiro atoms. The van der Waals surface area contributed by atoms with Gasteiger partial charge in [0.25, 0.3) is 0 Å². The molecule has 1 aliphatic carbocycles. The highest BCUT2D eigenvalue weighted by Gasteiger charge is 2.39. The normalized spacial score (nSPS) is 18.5. The van der Waals surface area contributed by atoms with Crippen molar-refractivity contribution in [1.82, 2.24) is 5.32 Å². The molecule has 116 valence electrons. The van der Waals surface area contributed by atoms with Gasteiger partial charge in [-0.3, -0.25) is 5.32 Å². The molecule has 1 atom stereocenters. The van der Waals surface area contributed by atoms with Crippen LogP contribution < -0.4 is 5.32 Å². The van der Waals surface area contributed by atoms with Crippen LogP contribution >= 0.6 is 0 Å². The molecule has 0 radical (unpaired) electrons. The molecule has 1 aromatic carbocycles. The number of esters is 1. The molecule has 0 heterocycles. The number of rotatable bonds is 5. The Morgan fingerprint density at radius 3 is 2.52 bits per heavy atom. The zero-order valence-corrected chi connectivity index (χ0v) is 13.7. The molecule has 3 heteroatoms. The van der Waals surface area contributed by atoms with Crippen LogP contribution in [0.5, 0.6) is 0 Å². The molecule has 1 unspecified atom stereocenters. The zero-order chi connectivity index (χ0) is 15.5. The Hall–Kier alpha value is -1.35. The van der Waals surface area contributed by atoms with E-state index in [2.05, 4.69) is 31.3 Å². The molecule has 1 saturated carbocycles. The van der Waals surface area contributed by atoms with E-state index in [0.29, 0.717) is 12.6 Å². The Morgan fingerprint density at radius 1 is 1.29 bits per heavy atom. The quantitative estimate of drug-likeness (QED) is 0.841. The van der Waals surface area contributed by atoms with Gasteiger partial charge in [0.1, 0.15) is 5.54 Å². The zero-order valence-electron chi connectivity index (χ0n) is 13.7. The summed E-state index contributed by atoms with van der Waals surface area (Å²) in [7, 11) is 0. The lowest BCUT2D eigenvalue weighted by Gasteiger charge is -2.32. The highest BCUT2D eigenvalue weighted by Crippen LogP contribution is 2.29. The van der Waals surface area contributed by atoms with Gasteiger partial charge in [-0.1, -0.05) is 31.0 Å². The summed E-state index contributed by atoms with van der Waals surface area (Å²) < 4.78 is 5.34. The Kier molecular flexibility index (Phi) is 5.04. The van der Waals surface area contributed by atoms with Gasteiger partial charge in [0.15, 0.2) is 0 Å². The van der Waals surface area contributed by atoms with Crippen LogP contribution in [-0.4, -0.2) is 18.6 Å². The summed E-state index contributed by atoms with van der Waals surface area (Å²) in [5.41, 5.74) is 2.68. The van der Waals surface area contributed by atoms with E-state index in [9.17, 15) is 4.79 Å².